The molecule has 0 radical (unpaired) electrons. The Bertz CT molecular complexity index is 485. The average Bonchev–Trinajstić information content (AvgIpc) is 2.97. The van der Waals surface area contributed by atoms with E-state index >= 15 is 0 Å². The van der Waals surface area contributed by atoms with Crippen molar-refractivity contribution in [2.24, 2.45) is 5.73 Å². The fraction of sp³-hybridized carbons (Fsp3) is 0.611. The van der Waals surface area contributed by atoms with Gasteiger partial charge in [0.05, 0.1) is 5.54 Å². The second kappa shape index (κ2) is 7.47. The van der Waals surface area contributed by atoms with Crippen LogP contribution in [0, 0.1) is 0 Å². The Labute approximate surface area is 139 Å². The zero-order chi connectivity index (χ0) is 14.7. The summed E-state index contributed by atoms with van der Waals surface area (Å²) in [5.74, 6) is 0.525. The number of hydrogen-bond acceptors (Lipinski definition) is 2. The summed E-state index contributed by atoms with van der Waals surface area (Å²) in [6.45, 7) is 0. The second-order valence-corrected chi connectivity index (χ2v) is 6.74. The van der Waals surface area contributed by atoms with Crippen LogP contribution in [0.25, 0.3) is 0 Å². The fourth-order valence-electron chi connectivity index (χ4n) is 3.95. The predicted molar refractivity (Wildman–Crippen MR) is 92.2 cm³/mol. The number of amides is 1. The molecule has 122 valence electrons. The number of carbonyl (C=O) groups excluding carboxylic acids is 1. The third kappa shape index (κ3) is 3.64. The Morgan fingerprint density at radius 3 is 2.41 bits per heavy atom. The third-order valence-corrected chi connectivity index (χ3v) is 5.26. The van der Waals surface area contributed by atoms with Gasteiger partial charge in [-0.2, -0.15) is 0 Å². The highest BCUT2D eigenvalue weighted by Gasteiger charge is 2.38. The molecule has 2 aliphatic rings. The number of benzene rings is 1. The van der Waals surface area contributed by atoms with Gasteiger partial charge >= 0.3 is 0 Å². The number of carbonyl (C=O) groups is 1. The first-order valence-corrected chi connectivity index (χ1v) is 8.34. The van der Waals surface area contributed by atoms with Gasteiger partial charge in [0.25, 0.3) is 0 Å². The zero-order valence-corrected chi connectivity index (χ0v) is 13.9. The second-order valence-electron chi connectivity index (χ2n) is 6.74. The average molecular weight is 323 g/mol. The number of nitrogens with one attached hydrogen (secondary N) is 1. The molecule has 2 fully saturated rings. The maximum Gasteiger partial charge on any atom is 0.240 e. The lowest BCUT2D eigenvalue weighted by Gasteiger charge is -2.34. The molecule has 2 unspecified atom stereocenters. The van der Waals surface area contributed by atoms with Crippen molar-refractivity contribution in [2.45, 2.75) is 68.9 Å². The summed E-state index contributed by atoms with van der Waals surface area (Å²) in [6.07, 6.45) is 8.45. The van der Waals surface area contributed by atoms with Crippen LogP contribution in [0.5, 0.6) is 0 Å². The number of nitrogens with two attached hydrogens (primary N) is 1. The van der Waals surface area contributed by atoms with Crippen LogP contribution in [0.15, 0.2) is 30.3 Å². The molecule has 1 amide bonds. The minimum Gasteiger partial charge on any atom is -0.351 e. The van der Waals surface area contributed by atoms with Crippen molar-refractivity contribution >= 4 is 18.3 Å². The summed E-state index contributed by atoms with van der Waals surface area (Å²) in [4.78, 5) is 12.6. The van der Waals surface area contributed by atoms with Crippen LogP contribution < -0.4 is 11.1 Å². The van der Waals surface area contributed by atoms with Gasteiger partial charge in [-0.3, -0.25) is 4.79 Å². The molecule has 2 aliphatic carbocycles. The standard InChI is InChI=1S/C18H26N2O.ClH/c19-18(12-5-2-6-13-18)17(21)20-16-11-7-10-15(16)14-8-3-1-4-9-14;/h1,3-4,8-9,15-16H,2,5-7,10-13,19H2,(H,20,21);1H. The molecule has 0 aliphatic heterocycles. The number of rotatable bonds is 3. The maximum absolute atomic E-state index is 12.6. The smallest absolute Gasteiger partial charge is 0.240 e. The van der Waals surface area contributed by atoms with Gasteiger partial charge in [-0.05, 0) is 31.2 Å². The highest BCUT2D eigenvalue weighted by atomic mass is 35.5. The van der Waals surface area contributed by atoms with Crippen molar-refractivity contribution < 1.29 is 4.79 Å². The van der Waals surface area contributed by atoms with Crippen molar-refractivity contribution in [3.8, 4) is 0 Å². The van der Waals surface area contributed by atoms with Gasteiger partial charge in [0.15, 0.2) is 0 Å². The summed E-state index contributed by atoms with van der Waals surface area (Å²) < 4.78 is 0. The molecule has 0 aromatic heterocycles. The maximum atomic E-state index is 12.6. The SMILES string of the molecule is Cl.NC1(C(=O)NC2CCCC2c2ccccc2)CCCCC1. The molecule has 22 heavy (non-hydrogen) atoms. The van der Waals surface area contributed by atoms with E-state index in [1.165, 1.54) is 18.4 Å². The van der Waals surface area contributed by atoms with Gasteiger partial charge in [0.2, 0.25) is 5.91 Å². The Hall–Kier alpha value is -1.06. The Morgan fingerprint density at radius 2 is 1.73 bits per heavy atom. The normalized spacial score (nSPS) is 27.0. The van der Waals surface area contributed by atoms with Gasteiger partial charge in [-0.15, -0.1) is 12.4 Å². The predicted octanol–water partition coefficient (Wildman–Crippen LogP) is 3.52. The van der Waals surface area contributed by atoms with Crippen LogP contribution in [0.4, 0.5) is 0 Å². The summed E-state index contributed by atoms with van der Waals surface area (Å²) >= 11 is 0. The van der Waals surface area contributed by atoms with Gasteiger partial charge in [0, 0.05) is 12.0 Å². The molecule has 0 heterocycles. The van der Waals surface area contributed by atoms with E-state index in [2.05, 4.69) is 29.6 Å². The molecular formula is C18H27ClN2O. The van der Waals surface area contributed by atoms with Crippen molar-refractivity contribution in [3.05, 3.63) is 35.9 Å². The van der Waals surface area contributed by atoms with Crippen LogP contribution in [0.1, 0.15) is 62.8 Å². The molecule has 2 atom stereocenters. The topological polar surface area (TPSA) is 55.1 Å². The molecule has 0 spiro atoms. The quantitative estimate of drug-likeness (QED) is 0.894. The van der Waals surface area contributed by atoms with E-state index in [4.69, 9.17) is 5.73 Å². The van der Waals surface area contributed by atoms with Crippen molar-refractivity contribution in [1.82, 2.24) is 5.32 Å². The highest BCUT2D eigenvalue weighted by molar-refractivity contribution is 5.86. The van der Waals surface area contributed by atoms with Crippen LogP contribution >= 0.6 is 12.4 Å². The molecule has 4 heteroatoms. The first kappa shape index (κ1) is 17.3. The van der Waals surface area contributed by atoms with E-state index in [1.807, 2.05) is 6.07 Å². The van der Waals surface area contributed by atoms with Crippen LogP contribution in [-0.2, 0) is 4.79 Å². The summed E-state index contributed by atoms with van der Waals surface area (Å²) in [7, 11) is 0. The van der Waals surface area contributed by atoms with E-state index in [-0.39, 0.29) is 24.4 Å². The highest BCUT2D eigenvalue weighted by Crippen LogP contribution is 2.35. The Balaban J connectivity index is 0.00000176. The Kier molecular flexibility index (Phi) is 5.87. The molecule has 0 bridgehead atoms. The van der Waals surface area contributed by atoms with Crippen LogP contribution in [-0.4, -0.2) is 17.5 Å². The fourth-order valence-corrected chi connectivity index (χ4v) is 3.95. The lowest BCUT2D eigenvalue weighted by molar-refractivity contribution is -0.128. The minimum atomic E-state index is -0.623. The first-order chi connectivity index (χ1) is 10.2. The van der Waals surface area contributed by atoms with Gasteiger partial charge in [-0.1, -0.05) is 56.0 Å². The molecule has 3 N–H and O–H groups in total. The molecule has 1 aromatic carbocycles. The van der Waals surface area contributed by atoms with Crippen molar-refractivity contribution in [3.63, 3.8) is 0 Å². The summed E-state index contributed by atoms with van der Waals surface area (Å²) in [6, 6.07) is 10.8. The third-order valence-electron chi connectivity index (χ3n) is 5.26. The molecular weight excluding hydrogens is 296 g/mol. The molecule has 2 saturated carbocycles. The number of hydrogen-bond donors (Lipinski definition) is 2. The molecule has 1 aromatic rings. The largest absolute Gasteiger partial charge is 0.351 e. The van der Waals surface area contributed by atoms with E-state index in [0.717, 1.165) is 38.5 Å². The van der Waals surface area contributed by atoms with Crippen molar-refractivity contribution in [2.75, 3.05) is 0 Å². The van der Waals surface area contributed by atoms with Crippen LogP contribution in [0.2, 0.25) is 0 Å². The van der Waals surface area contributed by atoms with E-state index in [0.29, 0.717) is 5.92 Å². The molecule has 3 rings (SSSR count). The number of halogens is 1. The lowest BCUT2D eigenvalue weighted by atomic mass is 9.81. The monoisotopic (exact) mass is 322 g/mol. The molecule has 3 nitrogen and oxygen atoms in total. The van der Waals surface area contributed by atoms with Gasteiger partial charge in [0.1, 0.15) is 0 Å². The van der Waals surface area contributed by atoms with Crippen molar-refractivity contribution in [1.29, 1.82) is 0 Å². The zero-order valence-electron chi connectivity index (χ0n) is 13.1. The summed E-state index contributed by atoms with van der Waals surface area (Å²) in [5, 5.41) is 3.27. The Morgan fingerprint density at radius 1 is 1.05 bits per heavy atom. The van der Waals surface area contributed by atoms with Gasteiger partial charge < -0.3 is 11.1 Å². The van der Waals surface area contributed by atoms with E-state index in [9.17, 15) is 4.79 Å². The molecule has 0 saturated heterocycles. The van der Waals surface area contributed by atoms with Gasteiger partial charge in [-0.25, -0.2) is 0 Å². The first-order valence-electron chi connectivity index (χ1n) is 8.34. The summed E-state index contributed by atoms with van der Waals surface area (Å²) in [5.41, 5.74) is 7.07. The van der Waals surface area contributed by atoms with Crippen LogP contribution in [0.3, 0.4) is 0 Å². The lowest BCUT2D eigenvalue weighted by Crippen LogP contribution is -2.57. The van der Waals surface area contributed by atoms with E-state index < -0.39 is 5.54 Å². The minimum absolute atomic E-state index is 0. The van der Waals surface area contributed by atoms with E-state index in [1.54, 1.807) is 0 Å².